The highest BCUT2D eigenvalue weighted by Crippen LogP contribution is 2.06. The maximum absolute atomic E-state index is 5.31. The number of hydrazine groups is 1. The zero-order valence-corrected chi connectivity index (χ0v) is 9.82. The normalized spacial score (nSPS) is 19.8. The molecule has 0 aromatic carbocycles. The van der Waals surface area contributed by atoms with Crippen molar-refractivity contribution in [1.29, 1.82) is 0 Å². The molecule has 0 amide bonds. The first kappa shape index (κ1) is 11.6. The molecule has 16 heavy (non-hydrogen) atoms. The van der Waals surface area contributed by atoms with E-state index in [1.165, 1.54) is 0 Å². The van der Waals surface area contributed by atoms with Gasteiger partial charge in [-0.3, -0.25) is 5.43 Å². The molecule has 1 unspecified atom stereocenters. The number of hydrogen-bond acceptors (Lipinski definition) is 4. The third-order valence-corrected chi connectivity index (χ3v) is 2.82. The Balaban J connectivity index is 1.65. The topological polar surface area (TPSA) is 37.6 Å². The van der Waals surface area contributed by atoms with Crippen LogP contribution in [0.2, 0.25) is 0 Å². The third kappa shape index (κ3) is 3.63. The highest BCUT2D eigenvalue weighted by molar-refractivity contribution is 4.98. The van der Waals surface area contributed by atoms with Crippen molar-refractivity contribution in [2.45, 2.75) is 25.8 Å². The molecule has 1 aliphatic heterocycles. The van der Waals surface area contributed by atoms with Gasteiger partial charge in [0.2, 0.25) is 0 Å². The lowest BCUT2D eigenvalue weighted by Crippen LogP contribution is -2.49. The quantitative estimate of drug-likeness (QED) is 0.821. The van der Waals surface area contributed by atoms with Gasteiger partial charge in [0.25, 0.3) is 0 Å². The summed E-state index contributed by atoms with van der Waals surface area (Å²) in [6, 6.07) is 4.44. The fraction of sp³-hybridized carbons (Fsp3) is 0.667. The second-order valence-corrected chi connectivity index (χ2v) is 4.25. The van der Waals surface area contributed by atoms with E-state index < -0.39 is 0 Å². The van der Waals surface area contributed by atoms with Crippen LogP contribution in [0.25, 0.3) is 0 Å². The van der Waals surface area contributed by atoms with Crippen LogP contribution in [0.15, 0.2) is 22.8 Å². The predicted molar refractivity (Wildman–Crippen MR) is 62.0 cm³/mol. The van der Waals surface area contributed by atoms with E-state index >= 15 is 0 Å². The van der Waals surface area contributed by atoms with E-state index in [4.69, 9.17) is 9.15 Å². The Hall–Kier alpha value is -0.840. The van der Waals surface area contributed by atoms with Crippen molar-refractivity contribution < 1.29 is 9.15 Å². The molecule has 4 heteroatoms. The fourth-order valence-corrected chi connectivity index (χ4v) is 1.88. The van der Waals surface area contributed by atoms with Gasteiger partial charge in [0.15, 0.2) is 0 Å². The fourth-order valence-electron chi connectivity index (χ4n) is 1.88. The van der Waals surface area contributed by atoms with E-state index in [0.29, 0.717) is 6.04 Å². The van der Waals surface area contributed by atoms with E-state index in [1.54, 1.807) is 6.26 Å². The summed E-state index contributed by atoms with van der Waals surface area (Å²) in [7, 11) is 0. The number of ether oxygens (including phenoxy) is 1. The van der Waals surface area contributed by atoms with Crippen LogP contribution in [0.5, 0.6) is 0 Å². The van der Waals surface area contributed by atoms with E-state index in [-0.39, 0.29) is 0 Å². The van der Waals surface area contributed by atoms with Crippen LogP contribution in [0, 0.1) is 0 Å². The number of morpholine rings is 1. The van der Waals surface area contributed by atoms with Crippen molar-refractivity contribution in [1.82, 2.24) is 10.4 Å². The Morgan fingerprint density at radius 3 is 2.94 bits per heavy atom. The Bertz CT molecular complexity index is 281. The molecule has 0 bridgehead atoms. The van der Waals surface area contributed by atoms with E-state index in [9.17, 15) is 0 Å². The van der Waals surface area contributed by atoms with E-state index in [1.807, 2.05) is 12.1 Å². The van der Waals surface area contributed by atoms with Gasteiger partial charge in [0, 0.05) is 25.6 Å². The second kappa shape index (κ2) is 6.03. The summed E-state index contributed by atoms with van der Waals surface area (Å²) in [5, 5.41) is 2.25. The van der Waals surface area contributed by atoms with Crippen molar-refractivity contribution >= 4 is 0 Å². The summed E-state index contributed by atoms with van der Waals surface area (Å²) in [6.07, 6.45) is 3.81. The van der Waals surface area contributed by atoms with Crippen molar-refractivity contribution in [2.24, 2.45) is 0 Å². The first-order chi connectivity index (χ1) is 7.84. The van der Waals surface area contributed by atoms with Crippen LogP contribution in [-0.4, -0.2) is 37.4 Å². The molecule has 0 spiro atoms. The first-order valence-corrected chi connectivity index (χ1v) is 5.96. The molecule has 4 nitrogen and oxygen atoms in total. The van der Waals surface area contributed by atoms with Crippen molar-refractivity contribution in [3.8, 4) is 0 Å². The Morgan fingerprint density at radius 1 is 1.44 bits per heavy atom. The molecule has 1 fully saturated rings. The van der Waals surface area contributed by atoms with Gasteiger partial charge in [-0.05, 0) is 25.5 Å². The Morgan fingerprint density at radius 2 is 2.25 bits per heavy atom. The van der Waals surface area contributed by atoms with Crippen LogP contribution >= 0.6 is 0 Å². The van der Waals surface area contributed by atoms with Crippen LogP contribution in [-0.2, 0) is 11.2 Å². The molecule has 0 aliphatic carbocycles. The summed E-state index contributed by atoms with van der Waals surface area (Å²) in [6.45, 7) is 5.82. The van der Waals surface area contributed by atoms with Gasteiger partial charge < -0.3 is 9.15 Å². The minimum absolute atomic E-state index is 0.475. The number of aryl methyl sites for hydroxylation is 1. The largest absolute Gasteiger partial charge is 0.469 e. The smallest absolute Gasteiger partial charge is 0.103 e. The SMILES string of the molecule is CC(CCc1ccco1)NN1CCOCC1. The average molecular weight is 224 g/mol. The summed E-state index contributed by atoms with van der Waals surface area (Å²) >= 11 is 0. The van der Waals surface area contributed by atoms with Gasteiger partial charge in [0.1, 0.15) is 5.76 Å². The van der Waals surface area contributed by atoms with Crippen molar-refractivity contribution in [2.75, 3.05) is 26.3 Å². The van der Waals surface area contributed by atoms with Gasteiger partial charge in [0.05, 0.1) is 19.5 Å². The molecular formula is C12H20N2O2. The molecule has 1 aliphatic rings. The highest BCUT2D eigenvalue weighted by atomic mass is 16.5. The lowest BCUT2D eigenvalue weighted by Gasteiger charge is -2.30. The van der Waals surface area contributed by atoms with Crippen LogP contribution in [0.3, 0.4) is 0 Å². The monoisotopic (exact) mass is 224 g/mol. The molecule has 1 N–H and O–H groups in total. The van der Waals surface area contributed by atoms with E-state index in [2.05, 4.69) is 17.4 Å². The first-order valence-electron chi connectivity index (χ1n) is 5.96. The molecule has 2 heterocycles. The van der Waals surface area contributed by atoms with Crippen molar-refractivity contribution in [3.63, 3.8) is 0 Å². The van der Waals surface area contributed by atoms with Gasteiger partial charge in [-0.15, -0.1) is 0 Å². The minimum atomic E-state index is 0.475. The molecule has 1 aromatic heterocycles. The van der Waals surface area contributed by atoms with Crippen LogP contribution < -0.4 is 5.43 Å². The minimum Gasteiger partial charge on any atom is -0.469 e. The Labute approximate surface area is 96.5 Å². The van der Waals surface area contributed by atoms with Gasteiger partial charge in [-0.1, -0.05) is 0 Å². The maximum Gasteiger partial charge on any atom is 0.103 e. The highest BCUT2D eigenvalue weighted by Gasteiger charge is 2.12. The summed E-state index contributed by atoms with van der Waals surface area (Å²) in [4.78, 5) is 0. The number of nitrogens with zero attached hydrogens (tertiary/aromatic N) is 1. The third-order valence-electron chi connectivity index (χ3n) is 2.82. The molecule has 90 valence electrons. The van der Waals surface area contributed by atoms with Crippen LogP contribution in [0.4, 0.5) is 0 Å². The average Bonchev–Trinajstić information content (AvgIpc) is 2.81. The predicted octanol–water partition coefficient (Wildman–Crippen LogP) is 1.44. The zero-order chi connectivity index (χ0) is 11.2. The van der Waals surface area contributed by atoms with Gasteiger partial charge in [-0.25, -0.2) is 5.01 Å². The maximum atomic E-state index is 5.31. The summed E-state index contributed by atoms with van der Waals surface area (Å²) in [5.41, 5.74) is 3.49. The Kier molecular flexibility index (Phi) is 4.39. The van der Waals surface area contributed by atoms with Gasteiger partial charge >= 0.3 is 0 Å². The number of nitrogens with one attached hydrogen (secondary N) is 1. The molecule has 1 aromatic rings. The molecule has 1 saturated heterocycles. The van der Waals surface area contributed by atoms with Gasteiger partial charge in [-0.2, -0.15) is 0 Å². The van der Waals surface area contributed by atoms with Crippen molar-refractivity contribution in [3.05, 3.63) is 24.2 Å². The molecule has 0 saturated carbocycles. The number of hydrogen-bond donors (Lipinski definition) is 1. The number of rotatable bonds is 5. The van der Waals surface area contributed by atoms with Crippen LogP contribution in [0.1, 0.15) is 19.1 Å². The zero-order valence-electron chi connectivity index (χ0n) is 9.82. The molecule has 1 atom stereocenters. The summed E-state index contributed by atoms with van der Waals surface area (Å²) in [5.74, 6) is 1.07. The van der Waals surface area contributed by atoms with E-state index in [0.717, 1.165) is 44.9 Å². The lowest BCUT2D eigenvalue weighted by molar-refractivity contribution is 0.00437. The second-order valence-electron chi connectivity index (χ2n) is 4.25. The summed E-state index contributed by atoms with van der Waals surface area (Å²) < 4.78 is 10.6. The number of furan rings is 1. The lowest BCUT2D eigenvalue weighted by atomic mass is 10.1. The standard InChI is InChI=1S/C12H20N2O2/c1-11(4-5-12-3-2-8-16-12)13-14-6-9-15-10-7-14/h2-3,8,11,13H,4-7,9-10H2,1H3. The molecule has 0 radical (unpaired) electrons. The molecular weight excluding hydrogens is 204 g/mol. The molecule has 2 rings (SSSR count).